The number of alkyl halides is 6. The smallest absolute Gasteiger partial charge is 0.420 e. The average Bonchev–Trinajstić information content (AvgIpc) is 2.88. The third-order valence-corrected chi connectivity index (χ3v) is 9.44. The van der Waals surface area contributed by atoms with Gasteiger partial charge in [0.1, 0.15) is 11.3 Å². The zero-order chi connectivity index (χ0) is 28.1. The van der Waals surface area contributed by atoms with Crippen LogP contribution in [-0.4, -0.2) is 29.9 Å². The third kappa shape index (κ3) is 5.72. The van der Waals surface area contributed by atoms with E-state index in [1.54, 1.807) is 18.2 Å². The molecule has 4 saturated carbocycles. The van der Waals surface area contributed by atoms with Gasteiger partial charge >= 0.3 is 18.3 Å². The van der Waals surface area contributed by atoms with Crippen LogP contribution in [0.15, 0.2) is 30.3 Å². The Hall–Kier alpha value is -2.49. The van der Waals surface area contributed by atoms with Crippen molar-refractivity contribution in [3.63, 3.8) is 0 Å². The highest BCUT2D eigenvalue weighted by molar-refractivity contribution is 5.89. The Labute approximate surface area is 223 Å². The summed E-state index contributed by atoms with van der Waals surface area (Å²) in [6.45, 7) is 1.21. The van der Waals surface area contributed by atoms with E-state index < -0.39 is 41.3 Å². The first-order chi connectivity index (χ1) is 18.3. The first kappa shape index (κ1) is 28.1. The van der Waals surface area contributed by atoms with E-state index in [1.165, 1.54) is 12.1 Å². The van der Waals surface area contributed by atoms with Gasteiger partial charge in [0.05, 0.1) is 17.4 Å². The van der Waals surface area contributed by atoms with Crippen LogP contribution in [0.3, 0.4) is 0 Å². The van der Waals surface area contributed by atoms with Crippen molar-refractivity contribution in [2.75, 3.05) is 6.54 Å². The normalized spacial score (nSPS) is 29.5. The Bertz CT molecular complexity index is 1190. The van der Waals surface area contributed by atoms with Gasteiger partial charge in [-0.05, 0) is 98.1 Å². The van der Waals surface area contributed by atoms with E-state index in [0.29, 0.717) is 31.2 Å². The van der Waals surface area contributed by atoms with Gasteiger partial charge in [0.15, 0.2) is 0 Å². The van der Waals surface area contributed by atoms with Gasteiger partial charge in [0.25, 0.3) is 0 Å². The number of aliphatic carboxylic acids is 1. The molecule has 214 valence electrons. The highest BCUT2D eigenvalue weighted by Gasteiger charge is 2.52. The number of carboxylic acids is 1. The van der Waals surface area contributed by atoms with Crippen LogP contribution in [0.25, 0.3) is 10.8 Å². The first-order valence-electron chi connectivity index (χ1n) is 13.6. The number of benzene rings is 2. The molecule has 0 amide bonds. The number of carboxylic acid groups (broad SMARTS) is 1. The fourth-order valence-corrected chi connectivity index (χ4v) is 6.87. The summed E-state index contributed by atoms with van der Waals surface area (Å²) in [5.74, 6) is -2.47. The molecule has 4 fully saturated rings. The number of hydrogen-bond donors (Lipinski definition) is 2. The molecule has 10 heteroatoms. The van der Waals surface area contributed by atoms with E-state index in [2.05, 4.69) is 5.32 Å². The Morgan fingerprint density at radius 3 is 2.13 bits per heavy atom. The fourth-order valence-electron chi connectivity index (χ4n) is 6.87. The van der Waals surface area contributed by atoms with Gasteiger partial charge < -0.3 is 15.2 Å². The average molecular weight is 558 g/mol. The summed E-state index contributed by atoms with van der Waals surface area (Å²) in [5.41, 5.74) is -0.565. The number of carbonyl (C=O) groups is 1. The van der Waals surface area contributed by atoms with Gasteiger partial charge in [-0.1, -0.05) is 18.2 Å². The zero-order valence-electron chi connectivity index (χ0n) is 21.6. The van der Waals surface area contributed by atoms with Crippen molar-refractivity contribution < 1.29 is 41.0 Å². The SMILES string of the molecule is O=C(O)C12CCC(CNCc3ccc4c(C(F)(F)F)c(O[C@H]5CC[C@@H](C(F)(F)F)CC5)ccc4c3)(CC1)CC2. The molecule has 0 atom stereocenters. The van der Waals surface area contributed by atoms with Gasteiger partial charge in [-0.15, -0.1) is 0 Å². The van der Waals surface area contributed by atoms with Gasteiger partial charge in [-0.2, -0.15) is 26.3 Å². The largest absolute Gasteiger partial charge is 0.490 e. The summed E-state index contributed by atoms with van der Waals surface area (Å²) in [5, 5.41) is 13.4. The van der Waals surface area contributed by atoms with Crippen molar-refractivity contribution in [1.82, 2.24) is 5.32 Å². The number of rotatable bonds is 7. The molecular formula is C29H33F6NO3. The molecule has 2 aromatic carbocycles. The lowest BCUT2D eigenvalue weighted by atomic mass is 9.53. The maximum atomic E-state index is 14.1. The van der Waals surface area contributed by atoms with Crippen LogP contribution in [0, 0.1) is 16.7 Å². The van der Waals surface area contributed by atoms with Gasteiger partial charge in [0, 0.05) is 13.1 Å². The van der Waals surface area contributed by atoms with Gasteiger partial charge in [0.2, 0.25) is 0 Å². The summed E-state index contributed by atoms with van der Waals surface area (Å²) < 4.78 is 87.0. The van der Waals surface area contributed by atoms with Crippen LogP contribution in [0.1, 0.15) is 75.3 Å². The number of nitrogens with one attached hydrogen (secondary N) is 1. The lowest BCUT2D eigenvalue weighted by Gasteiger charge is -2.51. The van der Waals surface area contributed by atoms with Crippen molar-refractivity contribution in [1.29, 1.82) is 0 Å². The van der Waals surface area contributed by atoms with Crippen LogP contribution >= 0.6 is 0 Å². The minimum atomic E-state index is -4.69. The molecule has 2 bridgehead atoms. The zero-order valence-corrected chi connectivity index (χ0v) is 21.6. The molecule has 4 aliphatic carbocycles. The Morgan fingerprint density at radius 2 is 1.56 bits per heavy atom. The number of ether oxygens (including phenoxy) is 1. The maximum Gasteiger partial charge on any atom is 0.420 e. The van der Waals surface area contributed by atoms with Crippen molar-refractivity contribution in [3.05, 3.63) is 41.5 Å². The quantitative estimate of drug-likeness (QED) is 0.340. The molecule has 6 rings (SSSR count). The third-order valence-electron chi connectivity index (χ3n) is 9.44. The first-order valence-corrected chi connectivity index (χ1v) is 13.6. The molecule has 4 aliphatic rings. The molecule has 2 N–H and O–H groups in total. The summed E-state index contributed by atoms with van der Waals surface area (Å²) in [7, 11) is 0. The minimum Gasteiger partial charge on any atom is -0.490 e. The second-order valence-corrected chi connectivity index (χ2v) is 11.8. The second-order valence-electron chi connectivity index (χ2n) is 11.8. The lowest BCUT2D eigenvalue weighted by Crippen LogP contribution is -2.49. The maximum absolute atomic E-state index is 14.1. The van der Waals surface area contributed by atoms with Crippen molar-refractivity contribution in [2.45, 2.75) is 89.2 Å². The summed E-state index contributed by atoms with van der Waals surface area (Å²) >= 11 is 0. The molecule has 0 spiro atoms. The Balaban J connectivity index is 1.26. The molecular weight excluding hydrogens is 524 g/mol. The van der Waals surface area contributed by atoms with E-state index in [0.717, 1.165) is 31.4 Å². The van der Waals surface area contributed by atoms with Gasteiger partial charge in [-0.25, -0.2) is 0 Å². The molecule has 39 heavy (non-hydrogen) atoms. The highest BCUT2D eigenvalue weighted by atomic mass is 19.4. The monoisotopic (exact) mass is 557 g/mol. The predicted octanol–water partition coefficient (Wildman–Crippen LogP) is 7.87. The summed E-state index contributed by atoms with van der Waals surface area (Å²) in [6, 6.07) is 7.64. The molecule has 0 radical (unpaired) electrons. The lowest BCUT2D eigenvalue weighted by molar-refractivity contribution is -0.185. The molecule has 0 unspecified atom stereocenters. The van der Waals surface area contributed by atoms with E-state index >= 15 is 0 Å². The van der Waals surface area contributed by atoms with E-state index in [-0.39, 0.29) is 42.2 Å². The molecule has 2 aromatic rings. The Morgan fingerprint density at radius 1 is 0.923 bits per heavy atom. The van der Waals surface area contributed by atoms with Crippen molar-refractivity contribution >= 4 is 16.7 Å². The molecule has 4 nitrogen and oxygen atoms in total. The van der Waals surface area contributed by atoms with Crippen LogP contribution < -0.4 is 10.1 Å². The van der Waals surface area contributed by atoms with Crippen LogP contribution in [0.2, 0.25) is 0 Å². The number of hydrogen-bond acceptors (Lipinski definition) is 3. The van der Waals surface area contributed by atoms with Crippen molar-refractivity contribution in [2.24, 2.45) is 16.7 Å². The molecule has 0 saturated heterocycles. The van der Waals surface area contributed by atoms with Crippen LogP contribution in [0.5, 0.6) is 5.75 Å². The highest BCUT2D eigenvalue weighted by Crippen LogP contribution is 2.56. The number of fused-ring (bicyclic) bond motifs is 4. The van der Waals surface area contributed by atoms with Crippen LogP contribution in [-0.2, 0) is 17.5 Å². The fraction of sp³-hybridized carbons (Fsp3) is 0.621. The molecule has 0 aromatic heterocycles. The Kier molecular flexibility index (Phi) is 7.31. The molecule has 0 aliphatic heterocycles. The van der Waals surface area contributed by atoms with E-state index in [4.69, 9.17) is 4.74 Å². The standard InChI is InChI=1S/C29H33F6NO3/c30-28(31,32)20-3-5-21(6-4-20)39-23-8-2-19-15-18(1-7-22(19)24(23)29(33,34)35)16-36-17-26-9-12-27(13-10-26,14-11-26)25(37)38/h1-2,7-8,15,20-21,36H,3-6,9-14,16-17H2,(H,37,38)/t20-,21+,26?,27?. The summed E-state index contributed by atoms with van der Waals surface area (Å²) in [6.07, 6.45) is -5.21. The topological polar surface area (TPSA) is 58.6 Å². The minimum absolute atomic E-state index is 0.00380. The summed E-state index contributed by atoms with van der Waals surface area (Å²) in [4.78, 5) is 11.7. The predicted molar refractivity (Wildman–Crippen MR) is 133 cm³/mol. The number of halogens is 6. The van der Waals surface area contributed by atoms with Gasteiger partial charge in [-0.3, -0.25) is 4.79 Å². The van der Waals surface area contributed by atoms with E-state index in [1.807, 2.05) is 0 Å². The van der Waals surface area contributed by atoms with E-state index in [9.17, 15) is 36.2 Å². The van der Waals surface area contributed by atoms with Crippen molar-refractivity contribution in [3.8, 4) is 5.75 Å². The van der Waals surface area contributed by atoms with Crippen LogP contribution in [0.4, 0.5) is 26.3 Å². The second kappa shape index (κ2) is 10.2. The molecule has 0 heterocycles.